The predicted molar refractivity (Wildman–Crippen MR) is 95.9 cm³/mol. The van der Waals surface area contributed by atoms with Crippen LogP contribution < -0.4 is 5.32 Å². The lowest BCUT2D eigenvalue weighted by molar-refractivity contribution is -0.120. The zero-order chi connectivity index (χ0) is 17.0. The third-order valence-corrected chi connectivity index (χ3v) is 6.69. The highest BCUT2D eigenvalue weighted by Crippen LogP contribution is 2.26. The van der Waals surface area contributed by atoms with Gasteiger partial charge < -0.3 is 5.32 Å². The maximum Gasteiger partial charge on any atom is 0.242 e. The average Bonchev–Trinajstić information content (AvgIpc) is 2.50. The van der Waals surface area contributed by atoms with Gasteiger partial charge in [0.25, 0.3) is 0 Å². The van der Waals surface area contributed by atoms with Crippen LogP contribution in [-0.2, 0) is 14.8 Å². The van der Waals surface area contributed by atoms with Crippen LogP contribution >= 0.6 is 15.9 Å². The van der Waals surface area contributed by atoms with E-state index < -0.39 is 16.1 Å². The van der Waals surface area contributed by atoms with Crippen molar-refractivity contribution in [2.24, 2.45) is 0 Å². The molecule has 1 aliphatic rings. The Hall–Kier alpha value is -0.920. The van der Waals surface area contributed by atoms with Crippen molar-refractivity contribution < 1.29 is 13.2 Å². The van der Waals surface area contributed by atoms with Gasteiger partial charge in [-0.2, -0.15) is 4.31 Å². The first-order valence-corrected chi connectivity index (χ1v) is 10.3. The molecule has 1 aliphatic heterocycles. The molecule has 0 aliphatic carbocycles. The number of hydrogen-bond donors (Lipinski definition) is 1. The molecule has 23 heavy (non-hydrogen) atoms. The van der Waals surface area contributed by atoms with Crippen LogP contribution in [0.25, 0.3) is 0 Å². The number of nitrogens with zero attached hydrogens (tertiary/aromatic N) is 1. The van der Waals surface area contributed by atoms with Gasteiger partial charge in [-0.3, -0.25) is 4.79 Å². The number of aryl methyl sites for hydroxylation is 1. The normalized spacial score (nSPS) is 19.5. The lowest BCUT2D eigenvalue weighted by Gasteiger charge is -2.33. The minimum Gasteiger partial charge on any atom is -0.324 e. The monoisotopic (exact) mass is 402 g/mol. The van der Waals surface area contributed by atoms with Gasteiger partial charge in [-0.25, -0.2) is 8.42 Å². The van der Waals surface area contributed by atoms with Crippen molar-refractivity contribution in [3.63, 3.8) is 0 Å². The number of hydrogen-bond acceptors (Lipinski definition) is 3. The molecule has 0 saturated carbocycles. The van der Waals surface area contributed by atoms with Gasteiger partial charge in [0.15, 0.2) is 0 Å². The highest BCUT2D eigenvalue weighted by atomic mass is 79.9. The minimum absolute atomic E-state index is 0.0883. The van der Waals surface area contributed by atoms with Gasteiger partial charge in [0.1, 0.15) is 6.04 Å². The van der Waals surface area contributed by atoms with Crippen molar-refractivity contribution in [2.75, 3.05) is 17.6 Å². The fraction of sp³-hybridized carbons (Fsp3) is 0.562. The molecule has 1 amide bonds. The largest absolute Gasteiger partial charge is 0.324 e. The molecule has 0 aromatic heterocycles. The summed E-state index contributed by atoms with van der Waals surface area (Å²) in [6.07, 6.45) is 2.79. The third-order valence-electron chi connectivity index (χ3n) is 3.96. The Labute approximate surface area is 146 Å². The van der Waals surface area contributed by atoms with Gasteiger partial charge in [-0.1, -0.05) is 19.4 Å². The van der Waals surface area contributed by atoms with Crippen molar-refractivity contribution in [1.82, 2.24) is 4.31 Å². The third kappa shape index (κ3) is 4.55. The second-order valence-corrected chi connectivity index (χ2v) is 8.81. The van der Waals surface area contributed by atoms with Crippen LogP contribution in [0.1, 0.15) is 38.2 Å². The molecule has 1 aromatic rings. The first-order valence-electron chi connectivity index (χ1n) is 7.91. The molecule has 0 bridgehead atoms. The van der Waals surface area contributed by atoms with Crippen LogP contribution in [0.3, 0.4) is 0 Å². The fourth-order valence-electron chi connectivity index (χ4n) is 2.81. The molecule has 1 fully saturated rings. The number of nitrogens with one attached hydrogen (secondary N) is 1. The molecule has 2 rings (SSSR count). The van der Waals surface area contributed by atoms with Gasteiger partial charge in [0.2, 0.25) is 15.9 Å². The molecule has 1 N–H and O–H groups in total. The Morgan fingerprint density at radius 1 is 1.39 bits per heavy atom. The highest BCUT2D eigenvalue weighted by molar-refractivity contribution is 9.10. The summed E-state index contributed by atoms with van der Waals surface area (Å²) in [5.41, 5.74) is 1.75. The summed E-state index contributed by atoms with van der Waals surface area (Å²) in [6, 6.07) is 5.04. The maximum absolute atomic E-state index is 12.6. The van der Waals surface area contributed by atoms with Crippen LogP contribution in [0.5, 0.6) is 0 Å². The van der Waals surface area contributed by atoms with E-state index in [0.717, 1.165) is 22.9 Å². The summed E-state index contributed by atoms with van der Waals surface area (Å²) in [7, 11) is -3.38. The summed E-state index contributed by atoms with van der Waals surface area (Å²) in [5.74, 6) is -0.167. The van der Waals surface area contributed by atoms with Crippen LogP contribution in [0, 0.1) is 6.92 Å². The van der Waals surface area contributed by atoms with Crippen molar-refractivity contribution in [3.8, 4) is 0 Å². The molecular weight excluding hydrogens is 380 g/mol. The number of sulfonamides is 1. The van der Waals surface area contributed by atoms with Crippen LogP contribution in [0.4, 0.5) is 5.69 Å². The zero-order valence-corrected chi connectivity index (χ0v) is 15.9. The van der Waals surface area contributed by atoms with E-state index in [9.17, 15) is 13.2 Å². The summed E-state index contributed by atoms with van der Waals surface area (Å²) in [6.45, 7) is 4.23. The second-order valence-electron chi connectivity index (χ2n) is 5.91. The van der Waals surface area contributed by atoms with Crippen molar-refractivity contribution in [3.05, 3.63) is 28.2 Å². The van der Waals surface area contributed by atoms with Gasteiger partial charge in [0, 0.05) is 11.0 Å². The van der Waals surface area contributed by atoms with Crippen LogP contribution in [0.2, 0.25) is 0 Å². The SMILES string of the molecule is CCCS(=O)(=O)N1CCCCC1C(=O)Nc1ccc(C)cc1Br. The Morgan fingerprint density at radius 2 is 2.13 bits per heavy atom. The van der Waals surface area contributed by atoms with E-state index in [1.165, 1.54) is 4.31 Å². The van der Waals surface area contributed by atoms with Crippen molar-refractivity contribution in [1.29, 1.82) is 0 Å². The van der Waals surface area contributed by atoms with Gasteiger partial charge in [-0.05, 0) is 59.8 Å². The van der Waals surface area contributed by atoms with E-state index in [2.05, 4.69) is 21.2 Å². The van der Waals surface area contributed by atoms with Crippen LogP contribution in [0.15, 0.2) is 22.7 Å². The van der Waals surface area contributed by atoms with E-state index in [4.69, 9.17) is 0 Å². The molecule has 0 radical (unpaired) electrons. The van der Waals surface area contributed by atoms with Gasteiger partial charge in [-0.15, -0.1) is 0 Å². The van der Waals surface area contributed by atoms with Gasteiger partial charge >= 0.3 is 0 Å². The number of carbonyl (C=O) groups is 1. The predicted octanol–water partition coefficient (Wildman–Crippen LogP) is 3.29. The summed E-state index contributed by atoms with van der Waals surface area (Å²) >= 11 is 3.43. The minimum atomic E-state index is -3.38. The summed E-state index contributed by atoms with van der Waals surface area (Å²) in [5, 5.41) is 2.86. The van der Waals surface area contributed by atoms with E-state index >= 15 is 0 Å². The first-order chi connectivity index (χ1) is 10.8. The first kappa shape index (κ1) is 18.4. The average molecular weight is 403 g/mol. The second kappa shape index (κ2) is 7.77. The Balaban J connectivity index is 2.18. The molecule has 1 saturated heterocycles. The van der Waals surface area contributed by atoms with Crippen molar-refractivity contribution in [2.45, 2.75) is 45.6 Å². The smallest absolute Gasteiger partial charge is 0.242 e. The lowest BCUT2D eigenvalue weighted by Crippen LogP contribution is -2.50. The Morgan fingerprint density at radius 3 is 2.78 bits per heavy atom. The summed E-state index contributed by atoms with van der Waals surface area (Å²) in [4.78, 5) is 12.6. The number of anilines is 1. The van der Waals surface area contributed by atoms with E-state index in [1.807, 2.05) is 32.0 Å². The molecule has 1 atom stereocenters. The van der Waals surface area contributed by atoms with Gasteiger partial charge in [0.05, 0.1) is 11.4 Å². The highest BCUT2D eigenvalue weighted by Gasteiger charge is 2.36. The number of rotatable bonds is 5. The molecular formula is C16H23BrN2O3S. The van der Waals surface area contributed by atoms with Crippen LogP contribution in [-0.4, -0.2) is 37.0 Å². The van der Waals surface area contributed by atoms with E-state index in [0.29, 0.717) is 25.1 Å². The molecule has 5 nitrogen and oxygen atoms in total. The zero-order valence-electron chi connectivity index (χ0n) is 13.5. The Bertz CT molecular complexity index is 676. The number of benzene rings is 1. The van der Waals surface area contributed by atoms with Crippen molar-refractivity contribution >= 4 is 37.5 Å². The lowest BCUT2D eigenvalue weighted by atomic mass is 10.0. The number of carbonyl (C=O) groups excluding carboxylic acids is 1. The van der Waals surface area contributed by atoms with E-state index in [1.54, 1.807) is 0 Å². The molecule has 0 spiro atoms. The maximum atomic E-state index is 12.6. The number of halogens is 1. The Kier molecular flexibility index (Phi) is 6.22. The molecule has 128 valence electrons. The standard InChI is InChI=1S/C16H23BrN2O3S/c1-3-10-23(21,22)19-9-5-4-6-15(19)16(20)18-14-8-7-12(2)11-13(14)17/h7-8,11,15H,3-6,9-10H2,1-2H3,(H,18,20). The number of piperidine rings is 1. The fourth-order valence-corrected chi connectivity index (χ4v) is 5.15. The molecule has 1 aromatic carbocycles. The number of amides is 1. The van der Waals surface area contributed by atoms with E-state index in [-0.39, 0.29) is 11.7 Å². The summed E-state index contributed by atoms with van der Waals surface area (Å²) < 4.78 is 27.0. The topological polar surface area (TPSA) is 66.5 Å². The quantitative estimate of drug-likeness (QED) is 0.821. The molecule has 1 heterocycles. The molecule has 7 heteroatoms. The molecule has 1 unspecified atom stereocenters.